The molecule has 0 fully saturated rings. The Kier molecular flexibility index (Phi) is 4.65. The maximum Gasteiger partial charge on any atom is 0.265 e. The highest BCUT2D eigenvalue weighted by molar-refractivity contribution is 6.04. The second-order valence-corrected chi connectivity index (χ2v) is 5.75. The maximum absolute atomic E-state index is 13.6. The van der Waals surface area contributed by atoms with Crippen molar-refractivity contribution in [1.29, 1.82) is 0 Å². The number of nitrogens with zero attached hydrogens (tertiary/aromatic N) is 1. The van der Waals surface area contributed by atoms with Crippen LogP contribution < -0.4 is 15.0 Å². The molecular formula is C18H16F2N2O3. The first-order chi connectivity index (χ1) is 12.0. The maximum atomic E-state index is 13.6. The van der Waals surface area contributed by atoms with Crippen LogP contribution in [0.3, 0.4) is 0 Å². The van der Waals surface area contributed by atoms with Crippen LogP contribution in [0, 0.1) is 11.6 Å². The van der Waals surface area contributed by atoms with Crippen LogP contribution in [0.15, 0.2) is 42.5 Å². The number of benzene rings is 2. The number of nitrogens with one attached hydrogen (secondary N) is 1. The molecular weight excluding hydrogens is 330 g/mol. The first-order valence-electron chi connectivity index (χ1n) is 7.74. The average molecular weight is 346 g/mol. The van der Waals surface area contributed by atoms with Crippen molar-refractivity contribution in [2.45, 2.75) is 19.4 Å². The summed E-state index contributed by atoms with van der Waals surface area (Å²) in [7, 11) is 0. The molecule has 130 valence electrons. The minimum Gasteiger partial charge on any atom is -0.481 e. The monoisotopic (exact) mass is 346 g/mol. The molecule has 25 heavy (non-hydrogen) atoms. The minimum absolute atomic E-state index is 0.130. The summed E-state index contributed by atoms with van der Waals surface area (Å²) in [5, 5.41) is 2.75. The lowest BCUT2D eigenvalue weighted by Crippen LogP contribution is -2.41. The van der Waals surface area contributed by atoms with Crippen molar-refractivity contribution < 1.29 is 23.1 Å². The van der Waals surface area contributed by atoms with Crippen molar-refractivity contribution in [3.05, 3.63) is 54.1 Å². The van der Waals surface area contributed by atoms with Crippen molar-refractivity contribution in [3.63, 3.8) is 0 Å². The van der Waals surface area contributed by atoms with E-state index in [9.17, 15) is 18.4 Å². The fourth-order valence-corrected chi connectivity index (χ4v) is 2.77. The van der Waals surface area contributed by atoms with Gasteiger partial charge in [0.25, 0.3) is 5.91 Å². The van der Waals surface area contributed by atoms with E-state index in [1.54, 1.807) is 31.2 Å². The van der Waals surface area contributed by atoms with Gasteiger partial charge in [-0.05, 0) is 31.2 Å². The number of halogens is 2. The smallest absolute Gasteiger partial charge is 0.265 e. The lowest BCUT2D eigenvalue weighted by atomic mass is 10.1. The number of rotatable bonds is 3. The van der Waals surface area contributed by atoms with E-state index in [0.717, 1.165) is 12.1 Å². The van der Waals surface area contributed by atoms with Gasteiger partial charge >= 0.3 is 0 Å². The highest BCUT2D eigenvalue weighted by Gasteiger charge is 2.29. The molecule has 1 heterocycles. The summed E-state index contributed by atoms with van der Waals surface area (Å²) in [6, 6.07) is 9.40. The number of hydrogen-bond donors (Lipinski definition) is 1. The number of amides is 2. The standard InChI is InChI=1S/C18H16F2N2O3/c1-11-8-17(23)21-14-4-2-3-5-15(14)22(11)18(24)10-25-16-7-6-12(19)9-13(16)20/h2-7,9,11H,8,10H2,1H3,(H,21,23)/t11-/m1/s1. The third-order valence-corrected chi connectivity index (χ3v) is 3.87. The molecule has 0 unspecified atom stereocenters. The van der Waals surface area contributed by atoms with E-state index in [-0.39, 0.29) is 18.1 Å². The Hall–Kier alpha value is -2.96. The van der Waals surface area contributed by atoms with E-state index < -0.39 is 30.2 Å². The quantitative estimate of drug-likeness (QED) is 0.929. The molecule has 5 nitrogen and oxygen atoms in total. The molecule has 1 aliphatic heterocycles. The first kappa shape index (κ1) is 16.9. The van der Waals surface area contributed by atoms with Crippen molar-refractivity contribution >= 4 is 23.2 Å². The Labute approximate surface area is 143 Å². The van der Waals surface area contributed by atoms with Gasteiger partial charge in [-0.25, -0.2) is 8.78 Å². The van der Waals surface area contributed by atoms with Gasteiger partial charge in [0.1, 0.15) is 5.82 Å². The molecule has 0 radical (unpaired) electrons. The van der Waals surface area contributed by atoms with Gasteiger partial charge in [-0.2, -0.15) is 0 Å². The highest BCUT2D eigenvalue weighted by Crippen LogP contribution is 2.31. The Morgan fingerprint density at radius 1 is 1.28 bits per heavy atom. The molecule has 0 spiro atoms. The summed E-state index contributed by atoms with van der Waals surface area (Å²) in [5.74, 6) is -2.44. The van der Waals surface area contributed by atoms with Gasteiger partial charge in [-0.15, -0.1) is 0 Å². The van der Waals surface area contributed by atoms with Crippen molar-refractivity contribution in [1.82, 2.24) is 0 Å². The van der Waals surface area contributed by atoms with E-state index >= 15 is 0 Å². The van der Waals surface area contributed by atoms with Gasteiger partial charge in [-0.1, -0.05) is 12.1 Å². The summed E-state index contributed by atoms with van der Waals surface area (Å²) in [5.41, 5.74) is 1.08. The summed E-state index contributed by atoms with van der Waals surface area (Å²) in [6.07, 6.45) is 0.130. The highest BCUT2D eigenvalue weighted by atomic mass is 19.1. The van der Waals surface area contributed by atoms with Gasteiger partial charge in [0.05, 0.1) is 11.4 Å². The lowest BCUT2D eigenvalue weighted by molar-refractivity contribution is -0.121. The van der Waals surface area contributed by atoms with Crippen LogP contribution in [0.5, 0.6) is 5.75 Å². The van der Waals surface area contributed by atoms with Crippen molar-refractivity contribution in [3.8, 4) is 5.75 Å². The van der Waals surface area contributed by atoms with E-state index in [1.807, 2.05) is 0 Å². The molecule has 2 aromatic carbocycles. The predicted molar refractivity (Wildman–Crippen MR) is 88.5 cm³/mol. The fraction of sp³-hybridized carbons (Fsp3) is 0.222. The molecule has 7 heteroatoms. The van der Waals surface area contributed by atoms with Gasteiger partial charge in [-0.3, -0.25) is 9.59 Å². The molecule has 0 saturated heterocycles. The molecule has 3 rings (SSSR count). The number of ether oxygens (including phenoxy) is 1. The van der Waals surface area contributed by atoms with E-state index in [1.165, 1.54) is 4.90 Å². The topological polar surface area (TPSA) is 58.6 Å². The Morgan fingerprint density at radius 2 is 2.04 bits per heavy atom. The van der Waals surface area contributed by atoms with E-state index in [4.69, 9.17) is 4.74 Å². The van der Waals surface area contributed by atoms with E-state index in [2.05, 4.69) is 5.32 Å². The van der Waals surface area contributed by atoms with Crippen LogP contribution in [0.4, 0.5) is 20.2 Å². The molecule has 1 N–H and O–H groups in total. The van der Waals surface area contributed by atoms with Crippen molar-refractivity contribution in [2.75, 3.05) is 16.8 Å². The van der Waals surface area contributed by atoms with E-state index in [0.29, 0.717) is 17.4 Å². The summed E-state index contributed by atoms with van der Waals surface area (Å²) >= 11 is 0. The Bertz CT molecular complexity index is 826. The predicted octanol–water partition coefficient (Wildman–Crippen LogP) is 3.11. The van der Waals surface area contributed by atoms with Gasteiger partial charge in [0, 0.05) is 18.5 Å². The molecule has 0 aliphatic carbocycles. The average Bonchev–Trinajstić information content (AvgIpc) is 2.68. The van der Waals surface area contributed by atoms with Crippen LogP contribution in [-0.2, 0) is 9.59 Å². The van der Waals surface area contributed by atoms with Crippen LogP contribution in [0.1, 0.15) is 13.3 Å². The Morgan fingerprint density at radius 3 is 2.80 bits per heavy atom. The fourth-order valence-electron chi connectivity index (χ4n) is 2.77. The van der Waals surface area contributed by atoms with Crippen LogP contribution in [0.2, 0.25) is 0 Å². The summed E-state index contributed by atoms with van der Waals surface area (Å²) in [4.78, 5) is 26.0. The molecule has 1 atom stereocenters. The molecule has 2 aromatic rings. The second-order valence-electron chi connectivity index (χ2n) is 5.75. The molecule has 0 aromatic heterocycles. The largest absolute Gasteiger partial charge is 0.481 e. The van der Waals surface area contributed by atoms with Crippen LogP contribution >= 0.6 is 0 Å². The zero-order valence-corrected chi connectivity index (χ0v) is 13.5. The number of fused-ring (bicyclic) bond motifs is 1. The van der Waals surface area contributed by atoms with Gasteiger partial charge in [0.15, 0.2) is 18.2 Å². The van der Waals surface area contributed by atoms with Crippen molar-refractivity contribution in [2.24, 2.45) is 0 Å². The zero-order valence-electron chi connectivity index (χ0n) is 13.5. The number of para-hydroxylation sites is 2. The third-order valence-electron chi connectivity index (χ3n) is 3.87. The number of anilines is 2. The van der Waals surface area contributed by atoms with Gasteiger partial charge < -0.3 is 15.0 Å². The molecule has 0 saturated carbocycles. The first-order valence-corrected chi connectivity index (χ1v) is 7.74. The lowest BCUT2D eigenvalue weighted by Gasteiger charge is -2.27. The molecule has 0 bridgehead atoms. The van der Waals surface area contributed by atoms with Crippen LogP contribution in [0.25, 0.3) is 0 Å². The van der Waals surface area contributed by atoms with Crippen LogP contribution in [-0.4, -0.2) is 24.5 Å². The summed E-state index contributed by atoms with van der Waals surface area (Å²) in [6.45, 7) is 1.31. The SMILES string of the molecule is C[C@@H]1CC(=O)Nc2ccccc2N1C(=O)COc1ccc(F)cc1F. The number of carbonyl (C=O) groups is 2. The third kappa shape index (κ3) is 3.60. The number of hydrogen-bond acceptors (Lipinski definition) is 3. The Balaban J connectivity index is 1.81. The summed E-state index contributed by atoms with van der Waals surface area (Å²) < 4.78 is 31.8. The van der Waals surface area contributed by atoms with Gasteiger partial charge in [0.2, 0.25) is 5.91 Å². The number of carbonyl (C=O) groups excluding carboxylic acids is 2. The molecule has 2 amide bonds. The zero-order chi connectivity index (χ0) is 18.0. The normalized spacial score (nSPS) is 16.7. The minimum atomic E-state index is -0.881. The molecule has 1 aliphatic rings. The second kappa shape index (κ2) is 6.88.